The topological polar surface area (TPSA) is 107 Å². The molecule has 0 saturated carbocycles. The molecule has 0 unspecified atom stereocenters. The molecule has 1 amide bonds. The summed E-state index contributed by atoms with van der Waals surface area (Å²) in [6, 6.07) is 4.12. The van der Waals surface area contributed by atoms with Crippen molar-refractivity contribution in [2.24, 2.45) is 11.7 Å². The Kier molecular flexibility index (Phi) is 5.92. The Morgan fingerprint density at radius 2 is 2.20 bits per heavy atom. The fourth-order valence-electron chi connectivity index (χ4n) is 1.49. The van der Waals surface area contributed by atoms with Crippen LogP contribution >= 0.6 is 0 Å². The summed E-state index contributed by atoms with van der Waals surface area (Å²) in [7, 11) is 0. The number of carbonyl (C=O) groups excluding carboxylic acids is 1. The average Bonchev–Trinajstić information content (AvgIpc) is 2.42. The summed E-state index contributed by atoms with van der Waals surface area (Å²) in [5.74, 6) is 0.510. The van der Waals surface area contributed by atoms with Gasteiger partial charge in [0.15, 0.2) is 6.61 Å². The lowest BCUT2D eigenvalue weighted by atomic mass is 10.2. The van der Waals surface area contributed by atoms with Crippen LogP contribution in [0.3, 0.4) is 0 Å². The fourth-order valence-corrected chi connectivity index (χ4v) is 1.49. The molecule has 20 heavy (non-hydrogen) atoms. The van der Waals surface area contributed by atoms with E-state index in [0.29, 0.717) is 23.8 Å². The summed E-state index contributed by atoms with van der Waals surface area (Å²) in [6.45, 7) is 4.52. The number of hydrogen-bond acceptors (Lipinski definition) is 5. The van der Waals surface area contributed by atoms with Gasteiger partial charge >= 0.3 is 0 Å². The molecule has 0 fully saturated rings. The molecule has 110 valence electrons. The Morgan fingerprint density at radius 3 is 2.75 bits per heavy atom. The van der Waals surface area contributed by atoms with Gasteiger partial charge in [0.2, 0.25) is 0 Å². The Hall–Kier alpha value is -2.15. The van der Waals surface area contributed by atoms with Crippen molar-refractivity contribution in [1.29, 1.82) is 0 Å². The van der Waals surface area contributed by atoms with E-state index in [1.165, 1.54) is 18.2 Å². The van der Waals surface area contributed by atoms with Gasteiger partial charge in [-0.2, -0.15) is 0 Å². The first-order valence-electron chi connectivity index (χ1n) is 6.31. The van der Waals surface area contributed by atoms with E-state index >= 15 is 0 Å². The third kappa shape index (κ3) is 4.85. The lowest BCUT2D eigenvalue weighted by Crippen LogP contribution is -2.31. The first kappa shape index (κ1) is 15.9. The second-order valence-electron chi connectivity index (χ2n) is 4.74. The van der Waals surface area contributed by atoms with Gasteiger partial charge in [0, 0.05) is 30.8 Å². The maximum absolute atomic E-state index is 11.5. The van der Waals surface area contributed by atoms with Gasteiger partial charge in [0.05, 0.1) is 4.92 Å². The molecular formula is C13H19N3O4. The van der Waals surface area contributed by atoms with Gasteiger partial charge in [-0.1, -0.05) is 13.8 Å². The van der Waals surface area contributed by atoms with Crippen LogP contribution in [0.2, 0.25) is 0 Å². The van der Waals surface area contributed by atoms with E-state index in [-0.39, 0.29) is 24.7 Å². The van der Waals surface area contributed by atoms with Crippen molar-refractivity contribution in [3.63, 3.8) is 0 Å². The smallest absolute Gasteiger partial charge is 0.270 e. The van der Waals surface area contributed by atoms with E-state index in [1.54, 1.807) is 0 Å². The Labute approximate surface area is 117 Å². The van der Waals surface area contributed by atoms with Gasteiger partial charge < -0.3 is 15.8 Å². The molecule has 0 aromatic heterocycles. The number of rotatable bonds is 7. The second-order valence-corrected chi connectivity index (χ2v) is 4.74. The highest BCUT2D eigenvalue weighted by Crippen LogP contribution is 2.23. The number of nitro benzene ring substituents is 1. The van der Waals surface area contributed by atoms with Crippen molar-refractivity contribution >= 4 is 11.6 Å². The lowest BCUT2D eigenvalue weighted by molar-refractivity contribution is -0.384. The molecule has 7 nitrogen and oxygen atoms in total. The molecule has 0 spiro atoms. The number of nitrogens with zero attached hydrogens (tertiary/aromatic N) is 1. The highest BCUT2D eigenvalue weighted by atomic mass is 16.6. The van der Waals surface area contributed by atoms with Gasteiger partial charge in [0.1, 0.15) is 5.75 Å². The quantitative estimate of drug-likeness (QED) is 0.577. The maximum atomic E-state index is 11.5. The standard InChI is InChI=1S/C13H19N3O4/c1-9(2)7-15-13(17)8-20-12-4-3-11(16(18)19)5-10(12)6-14/h3-5,9H,6-8,14H2,1-2H3,(H,15,17). The molecule has 0 aliphatic carbocycles. The molecule has 0 heterocycles. The van der Waals surface area contributed by atoms with Gasteiger partial charge in [-0.15, -0.1) is 0 Å². The number of amides is 1. The molecule has 0 saturated heterocycles. The van der Waals surface area contributed by atoms with Gasteiger partial charge in [0.25, 0.3) is 11.6 Å². The van der Waals surface area contributed by atoms with Crippen LogP contribution in [-0.4, -0.2) is 24.0 Å². The molecular weight excluding hydrogens is 262 g/mol. The van der Waals surface area contributed by atoms with E-state index in [1.807, 2.05) is 13.8 Å². The summed E-state index contributed by atoms with van der Waals surface area (Å²) < 4.78 is 5.34. The largest absolute Gasteiger partial charge is 0.483 e. The molecule has 3 N–H and O–H groups in total. The number of ether oxygens (including phenoxy) is 1. The van der Waals surface area contributed by atoms with Crippen LogP contribution in [0.25, 0.3) is 0 Å². The number of hydrogen-bond donors (Lipinski definition) is 2. The molecule has 0 radical (unpaired) electrons. The zero-order valence-corrected chi connectivity index (χ0v) is 11.6. The zero-order valence-electron chi connectivity index (χ0n) is 11.6. The van der Waals surface area contributed by atoms with Crippen molar-refractivity contribution in [1.82, 2.24) is 5.32 Å². The summed E-state index contributed by atoms with van der Waals surface area (Å²) >= 11 is 0. The monoisotopic (exact) mass is 281 g/mol. The second kappa shape index (κ2) is 7.44. The highest BCUT2D eigenvalue weighted by Gasteiger charge is 2.12. The van der Waals surface area contributed by atoms with Crippen LogP contribution in [0.4, 0.5) is 5.69 Å². The third-order valence-corrected chi connectivity index (χ3v) is 2.54. The van der Waals surface area contributed by atoms with Crippen LogP contribution in [0.5, 0.6) is 5.75 Å². The number of nitrogens with two attached hydrogens (primary N) is 1. The van der Waals surface area contributed by atoms with Crippen LogP contribution in [0.15, 0.2) is 18.2 Å². The predicted molar refractivity (Wildman–Crippen MR) is 74.3 cm³/mol. The minimum Gasteiger partial charge on any atom is -0.483 e. The summed E-state index contributed by atoms with van der Waals surface area (Å²) in [6.07, 6.45) is 0. The number of non-ortho nitro benzene ring substituents is 1. The van der Waals surface area contributed by atoms with E-state index < -0.39 is 4.92 Å². The van der Waals surface area contributed by atoms with E-state index in [9.17, 15) is 14.9 Å². The Balaban J connectivity index is 2.63. The third-order valence-electron chi connectivity index (χ3n) is 2.54. The maximum Gasteiger partial charge on any atom is 0.270 e. The molecule has 0 bridgehead atoms. The SMILES string of the molecule is CC(C)CNC(=O)COc1ccc([N+](=O)[O-])cc1CN. The van der Waals surface area contributed by atoms with Crippen molar-refractivity contribution in [2.75, 3.05) is 13.2 Å². The number of nitro groups is 1. The molecule has 0 atom stereocenters. The normalized spacial score (nSPS) is 10.4. The van der Waals surface area contributed by atoms with Crippen molar-refractivity contribution in [3.8, 4) is 5.75 Å². The molecule has 1 aromatic rings. The molecule has 0 aliphatic rings. The lowest BCUT2D eigenvalue weighted by Gasteiger charge is -2.11. The van der Waals surface area contributed by atoms with Crippen molar-refractivity contribution in [2.45, 2.75) is 20.4 Å². The van der Waals surface area contributed by atoms with E-state index in [2.05, 4.69) is 5.32 Å². The predicted octanol–water partition coefficient (Wildman–Crippen LogP) is 1.20. The number of carbonyl (C=O) groups is 1. The van der Waals surface area contributed by atoms with Gasteiger partial charge in [-0.05, 0) is 12.0 Å². The van der Waals surface area contributed by atoms with Gasteiger partial charge in [-0.25, -0.2) is 0 Å². The van der Waals surface area contributed by atoms with Crippen molar-refractivity contribution in [3.05, 3.63) is 33.9 Å². The van der Waals surface area contributed by atoms with E-state index in [4.69, 9.17) is 10.5 Å². The summed E-state index contributed by atoms with van der Waals surface area (Å²) in [5.41, 5.74) is 5.96. The van der Waals surface area contributed by atoms with Gasteiger partial charge in [-0.3, -0.25) is 14.9 Å². The molecule has 1 rings (SSSR count). The Bertz CT molecular complexity index is 489. The molecule has 7 heteroatoms. The molecule has 1 aromatic carbocycles. The van der Waals surface area contributed by atoms with Crippen LogP contribution in [-0.2, 0) is 11.3 Å². The fraction of sp³-hybridized carbons (Fsp3) is 0.462. The number of benzene rings is 1. The highest BCUT2D eigenvalue weighted by molar-refractivity contribution is 5.77. The average molecular weight is 281 g/mol. The first-order valence-corrected chi connectivity index (χ1v) is 6.31. The minimum atomic E-state index is -0.502. The first-order chi connectivity index (χ1) is 9.43. The summed E-state index contributed by atoms with van der Waals surface area (Å²) in [4.78, 5) is 21.7. The number of nitrogens with one attached hydrogen (secondary N) is 1. The van der Waals surface area contributed by atoms with E-state index in [0.717, 1.165) is 0 Å². The Morgan fingerprint density at radius 1 is 1.50 bits per heavy atom. The summed E-state index contributed by atoms with van der Waals surface area (Å²) in [5, 5.41) is 13.4. The zero-order chi connectivity index (χ0) is 15.1. The van der Waals surface area contributed by atoms with Crippen LogP contribution in [0.1, 0.15) is 19.4 Å². The molecule has 0 aliphatic heterocycles. The van der Waals surface area contributed by atoms with Crippen molar-refractivity contribution < 1.29 is 14.5 Å². The van der Waals surface area contributed by atoms with Crippen LogP contribution in [0, 0.1) is 16.0 Å². The minimum absolute atomic E-state index is 0.0536. The van der Waals surface area contributed by atoms with Crippen LogP contribution < -0.4 is 15.8 Å².